The van der Waals surface area contributed by atoms with E-state index >= 15 is 0 Å². The van der Waals surface area contributed by atoms with Crippen molar-refractivity contribution in [2.24, 2.45) is 0 Å². The number of unbranched alkanes of at least 4 members (excludes halogenated alkanes) is 14. The Morgan fingerprint density at radius 3 is 1.03 bits per heavy atom. The molecule has 0 saturated carbocycles. The molecule has 2 N–H and O–H groups in total. The van der Waals surface area contributed by atoms with Crippen molar-refractivity contribution in [3.8, 4) is 0 Å². The van der Waals surface area contributed by atoms with Gasteiger partial charge in [0.2, 0.25) is 0 Å². The molecule has 9 heteroatoms. The molecule has 0 amide bonds. The van der Waals surface area contributed by atoms with Crippen LogP contribution in [0.15, 0.2) is 60.7 Å². The third-order valence-electron chi connectivity index (χ3n) is 11.0. The number of benzene rings is 2. The van der Waals surface area contributed by atoms with Crippen LogP contribution in [-0.4, -0.2) is 95.4 Å². The van der Waals surface area contributed by atoms with Crippen molar-refractivity contribution in [3.63, 3.8) is 0 Å². The van der Waals surface area contributed by atoms with Gasteiger partial charge in [-0.1, -0.05) is 177 Å². The van der Waals surface area contributed by atoms with Crippen LogP contribution in [0.1, 0.15) is 205 Å². The summed E-state index contributed by atoms with van der Waals surface area (Å²) in [5, 5.41) is 40.9. The maximum absolute atomic E-state index is 10.3. The molecule has 8 nitrogen and oxygen atoms in total. The van der Waals surface area contributed by atoms with Crippen LogP contribution < -0.4 is 10.2 Å². The SMILES string of the molecule is CCC(CCCCCC(O)CCCCCCCCC(=O)[O-])OCc1ccccc1.CCC(CCCCCC(O)CCCCCCCCC(=O)[O-])OCc1ccccc1.[Ba+2]. The van der Waals surface area contributed by atoms with Gasteiger partial charge in [0.15, 0.2) is 0 Å². The van der Waals surface area contributed by atoms with Crippen LogP contribution in [0.2, 0.25) is 0 Å². The number of rotatable bonds is 38. The van der Waals surface area contributed by atoms with Gasteiger partial charge in [-0.05, 0) is 88.2 Å². The molecule has 2 aromatic carbocycles. The summed E-state index contributed by atoms with van der Waals surface area (Å²) in [4.78, 5) is 20.6. The molecule has 0 spiro atoms. The van der Waals surface area contributed by atoms with Crippen LogP contribution in [0.3, 0.4) is 0 Å². The van der Waals surface area contributed by atoms with E-state index in [4.69, 9.17) is 9.47 Å². The van der Waals surface area contributed by atoms with Gasteiger partial charge in [0.1, 0.15) is 0 Å². The first-order chi connectivity index (χ1) is 28.2. The van der Waals surface area contributed by atoms with E-state index in [0.717, 1.165) is 167 Å². The topological polar surface area (TPSA) is 139 Å². The van der Waals surface area contributed by atoms with E-state index < -0.39 is 11.9 Å². The average molecular weight is 949 g/mol. The molecule has 0 heterocycles. The molecule has 332 valence electrons. The minimum absolute atomic E-state index is 0. The minimum atomic E-state index is -0.946. The predicted molar refractivity (Wildman–Crippen MR) is 238 cm³/mol. The number of aliphatic carboxylic acids is 2. The van der Waals surface area contributed by atoms with Crippen molar-refractivity contribution in [2.45, 2.75) is 231 Å². The Kier molecular flexibility index (Phi) is 41.2. The Bertz CT molecular complexity index is 1110. The van der Waals surface area contributed by atoms with E-state index in [2.05, 4.69) is 38.1 Å². The molecule has 59 heavy (non-hydrogen) atoms. The molecule has 4 unspecified atom stereocenters. The molecule has 0 bridgehead atoms. The summed E-state index contributed by atoms with van der Waals surface area (Å²) in [5.74, 6) is -1.89. The summed E-state index contributed by atoms with van der Waals surface area (Å²) < 4.78 is 12.1. The zero-order valence-electron chi connectivity index (χ0n) is 37.3. The number of carboxylic acids is 2. The van der Waals surface area contributed by atoms with Crippen LogP contribution in [0.4, 0.5) is 0 Å². The number of hydrogen-bond acceptors (Lipinski definition) is 8. The van der Waals surface area contributed by atoms with Gasteiger partial charge in [-0.15, -0.1) is 0 Å². The summed E-state index contributed by atoms with van der Waals surface area (Å²) in [7, 11) is 0. The van der Waals surface area contributed by atoms with Crippen molar-refractivity contribution in [1.29, 1.82) is 0 Å². The summed E-state index contributed by atoms with van der Waals surface area (Å²) in [6, 6.07) is 20.7. The maximum atomic E-state index is 10.3. The Labute approximate surface area is 400 Å². The van der Waals surface area contributed by atoms with E-state index in [1.54, 1.807) is 0 Å². The first-order valence-electron chi connectivity index (χ1n) is 23.3. The zero-order chi connectivity index (χ0) is 42.3. The number of carbonyl (C=O) groups excluding carboxylic acids is 2. The number of aliphatic hydroxyl groups is 2. The summed E-state index contributed by atoms with van der Waals surface area (Å²) in [5.41, 5.74) is 2.46. The second-order valence-corrected chi connectivity index (χ2v) is 16.3. The van der Waals surface area contributed by atoms with E-state index in [-0.39, 0.29) is 73.9 Å². The number of ether oxygens (including phenoxy) is 2. The van der Waals surface area contributed by atoms with Crippen molar-refractivity contribution >= 4 is 60.8 Å². The van der Waals surface area contributed by atoms with Crippen LogP contribution in [0.25, 0.3) is 0 Å². The van der Waals surface area contributed by atoms with Crippen molar-refractivity contribution in [2.75, 3.05) is 0 Å². The fourth-order valence-corrected chi connectivity index (χ4v) is 7.25. The van der Waals surface area contributed by atoms with E-state index in [1.165, 1.54) is 11.1 Å². The van der Waals surface area contributed by atoms with E-state index in [0.29, 0.717) is 25.4 Å². The fourth-order valence-electron chi connectivity index (χ4n) is 7.25. The third-order valence-corrected chi connectivity index (χ3v) is 11.0. The maximum Gasteiger partial charge on any atom is 2.00 e. The standard InChI is InChI=1S/2C25H42O4.Ba/c2*1-2-24(29-21-22-15-9-7-10-16-22)19-13-8-12-18-23(26)17-11-5-3-4-6-14-20-25(27)28;/h2*7,9-10,15-16,23-24,26H,2-6,8,11-14,17-21H2,1H3,(H,27,28);/q;;+2/p-2. The van der Waals surface area contributed by atoms with Crippen LogP contribution >= 0.6 is 0 Å². The van der Waals surface area contributed by atoms with Crippen molar-refractivity contribution < 1.29 is 39.5 Å². The summed E-state index contributed by atoms with van der Waals surface area (Å²) in [6.07, 6.45) is 27.4. The van der Waals surface area contributed by atoms with Gasteiger partial charge < -0.3 is 39.5 Å². The number of carboxylic acid groups (broad SMARTS) is 2. The fraction of sp³-hybridized carbons (Fsp3) is 0.720. The molecule has 0 fully saturated rings. The molecular weight excluding hydrogens is 866 g/mol. The largest absolute Gasteiger partial charge is 2.00 e. The van der Waals surface area contributed by atoms with Crippen LogP contribution in [0, 0.1) is 0 Å². The number of aliphatic hydroxyl groups excluding tert-OH is 2. The first kappa shape index (κ1) is 57.8. The number of carbonyl (C=O) groups is 2. The van der Waals surface area contributed by atoms with Crippen LogP contribution in [0.5, 0.6) is 0 Å². The van der Waals surface area contributed by atoms with E-state index in [1.807, 2.05) is 36.4 Å². The van der Waals surface area contributed by atoms with Crippen molar-refractivity contribution in [1.82, 2.24) is 0 Å². The Morgan fingerprint density at radius 1 is 0.458 bits per heavy atom. The Hall–Kier alpha value is -1.21. The van der Waals surface area contributed by atoms with Gasteiger partial charge in [-0.3, -0.25) is 0 Å². The molecule has 2 rings (SSSR count). The second kappa shape index (κ2) is 42.1. The quantitative estimate of drug-likeness (QED) is 0.0501. The van der Waals surface area contributed by atoms with Gasteiger partial charge in [0, 0.05) is 11.9 Å². The minimum Gasteiger partial charge on any atom is -0.550 e. The molecule has 0 aliphatic rings. The molecular formula is C50H82BaO8. The monoisotopic (exact) mass is 949 g/mol. The van der Waals surface area contributed by atoms with Crippen LogP contribution in [-0.2, 0) is 32.3 Å². The molecule has 2 aromatic rings. The first-order valence-corrected chi connectivity index (χ1v) is 23.3. The second-order valence-electron chi connectivity index (χ2n) is 16.3. The third kappa shape index (κ3) is 38.2. The molecule has 0 aliphatic heterocycles. The summed E-state index contributed by atoms with van der Waals surface area (Å²) >= 11 is 0. The Morgan fingerprint density at radius 2 is 0.729 bits per heavy atom. The van der Waals surface area contributed by atoms with Gasteiger partial charge in [-0.25, -0.2) is 0 Å². The summed E-state index contributed by atoms with van der Waals surface area (Å²) in [6.45, 7) is 5.75. The zero-order valence-corrected chi connectivity index (χ0v) is 41.8. The molecule has 0 aliphatic carbocycles. The van der Waals surface area contributed by atoms with Gasteiger partial charge in [0.25, 0.3) is 0 Å². The van der Waals surface area contributed by atoms with Gasteiger partial charge in [-0.2, -0.15) is 0 Å². The van der Waals surface area contributed by atoms with Gasteiger partial charge in [0.05, 0.1) is 37.6 Å². The van der Waals surface area contributed by atoms with Gasteiger partial charge >= 0.3 is 48.9 Å². The molecule has 0 aromatic heterocycles. The molecule has 4 atom stereocenters. The predicted octanol–water partition coefficient (Wildman–Crippen LogP) is 9.95. The van der Waals surface area contributed by atoms with E-state index in [9.17, 15) is 30.0 Å². The smallest absolute Gasteiger partial charge is 0.550 e. The number of hydrogen-bond donors (Lipinski definition) is 2. The Balaban J connectivity index is 0.00000112. The molecule has 0 saturated heterocycles. The molecule has 0 radical (unpaired) electrons. The van der Waals surface area contributed by atoms with Crippen molar-refractivity contribution in [3.05, 3.63) is 71.8 Å². The average Bonchev–Trinajstić information content (AvgIpc) is 3.22. The normalized spacial score (nSPS) is 13.1.